The number of carbonyl (C=O) groups excluding carboxylic acids is 1. The van der Waals surface area contributed by atoms with Crippen molar-refractivity contribution >= 4 is 22.1 Å². The molecule has 0 saturated carbocycles. The molecule has 0 aliphatic rings. The average Bonchev–Trinajstić information content (AvgIpc) is 2.77. The summed E-state index contributed by atoms with van der Waals surface area (Å²) >= 11 is 0. The minimum atomic E-state index is -3.62. The number of benzene rings is 3. The fraction of sp³-hybridized carbons (Fsp3) is 0.130. The van der Waals surface area contributed by atoms with Crippen LogP contribution in [0.5, 0.6) is 11.5 Å². The van der Waals surface area contributed by atoms with Gasteiger partial charge in [-0.15, -0.1) is 0 Å². The summed E-state index contributed by atoms with van der Waals surface area (Å²) in [5, 5.41) is 22.6. The van der Waals surface area contributed by atoms with Crippen LogP contribution in [0.2, 0.25) is 0 Å². The van der Waals surface area contributed by atoms with Crippen LogP contribution in [0.1, 0.15) is 27.0 Å². The second kappa shape index (κ2) is 9.63. The number of aromatic hydroxyl groups is 2. The number of hydrogen-bond acceptors (Lipinski definition) is 6. The lowest BCUT2D eigenvalue weighted by Gasteiger charge is -2.17. The molecule has 0 aromatic heterocycles. The monoisotopic (exact) mass is 453 g/mol. The van der Waals surface area contributed by atoms with Crippen LogP contribution in [0, 0.1) is 6.92 Å². The molecule has 0 aliphatic carbocycles. The first kappa shape index (κ1) is 23.0. The number of nitrogens with one attached hydrogen (secondary N) is 1. The number of sulfonamides is 1. The topological polar surface area (TPSA) is 119 Å². The number of rotatable bonds is 7. The van der Waals surface area contributed by atoms with Gasteiger partial charge in [-0.05, 0) is 60.5 Å². The van der Waals surface area contributed by atoms with Crippen LogP contribution in [-0.4, -0.2) is 42.1 Å². The molecular formula is C23H23N3O5S. The molecule has 0 spiro atoms. The number of phenolic OH excluding ortho intramolecular Hbond substituents is 2. The first-order chi connectivity index (χ1) is 15.2. The van der Waals surface area contributed by atoms with Crippen molar-refractivity contribution in [3.63, 3.8) is 0 Å². The van der Waals surface area contributed by atoms with Gasteiger partial charge in [0.25, 0.3) is 5.91 Å². The average molecular weight is 454 g/mol. The van der Waals surface area contributed by atoms with E-state index in [1.54, 1.807) is 48.5 Å². The molecule has 1 amide bonds. The predicted molar refractivity (Wildman–Crippen MR) is 121 cm³/mol. The van der Waals surface area contributed by atoms with Gasteiger partial charge in [-0.3, -0.25) is 4.79 Å². The van der Waals surface area contributed by atoms with E-state index in [2.05, 4.69) is 10.5 Å². The molecule has 0 unspecified atom stereocenters. The molecule has 0 radical (unpaired) electrons. The summed E-state index contributed by atoms with van der Waals surface area (Å²) in [6.07, 6.45) is 1.33. The maximum absolute atomic E-state index is 12.7. The maximum Gasteiger partial charge on any atom is 0.271 e. The molecule has 3 rings (SSSR count). The lowest BCUT2D eigenvalue weighted by atomic mass is 10.1. The molecule has 0 aliphatic heterocycles. The Morgan fingerprint density at radius 2 is 1.66 bits per heavy atom. The normalized spacial score (nSPS) is 11.7. The molecule has 0 heterocycles. The molecule has 0 bridgehead atoms. The van der Waals surface area contributed by atoms with Gasteiger partial charge in [-0.2, -0.15) is 9.41 Å². The van der Waals surface area contributed by atoms with Gasteiger partial charge in [-0.1, -0.05) is 29.8 Å². The van der Waals surface area contributed by atoms with Crippen molar-refractivity contribution in [3.05, 3.63) is 89.0 Å². The van der Waals surface area contributed by atoms with Crippen LogP contribution in [-0.2, 0) is 16.6 Å². The van der Waals surface area contributed by atoms with Crippen molar-refractivity contribution in [1.82, 2.24) is 9.73 Å². The van der Waals surface area contributed by atoms with Crippen LogP contribution in [0.3, 0.4) is 0 Å². The van der Waals surface area contributed by atoms with Gasteiger partial charge >= 0.3 is 0 Å². The molecule has 3 aromatic carbocycles. The fourth-order valence-corrected chi connectivity index (χ4v) is 4.00. The molecular weight excluding hydrogens is 430 g/mol. The molecule has 3 aromatic rings. The van der Waals surface area contributed by atoms with E-state index in [0.29, 0.717) is 11.1 Å². The van der Waals surface area contributed by atoms with Crippen molar-refractivity contribution in [2.45, 2.75) is 18.4 Å². The van der Waals surface area contributed by atoms with Gasteiger partial charge in [0.15, 0.2) is 11.5 Å². The summed E-state index contributed by atoms with van der Waals surface area (Å²) in [7, 11) is -2.12. The van der Waals surface area contributed by atoms with Crippen LogP contribution in [0.25, 0.3) is 0 Å². The van der Waals surface area contributed by atoms with Crippen LogP contribution in [0.15, 0.2) is 76.7 Å². The molecule has 0 fully saturated rings. The number of nitrogens with zero attached hydrogens (tertiary/aromatic N) is 2. The van der Waals surface area contributed by atoms with Crippen molar-refractivity contribution in [3.8, 4) is 11.5 Å². The van der Waals surface area contributed by atoms with Crippen LogP contribution in [0.4, 0.5) is 0 Å². The number of carbonyl (C=O) groups is 1. The van der Waals surface area contributed by atoms with Gasteiger partial charge < -0.3 is 10.2 Å². The Bertz CT molecular complexity index is 1240. The molecule has 32 heavy (non-hydrogen) atoms. The summed E-state index contributed by atoms with van der Waals surface area (Å²) in [4.78, 5) is 12.5. The van der Waals surface area contributed by atoms with Crippen molar-refractivity contribution in [2.24, 2.45) is 5.10 Å². The first-order valence-electron chi connectivity index (χ1n) is 9.64. The highest BCUT2D eigenvalue weighted by atomic mass is 32.2. The summed E-state index contributed by atoms with van der Waals surface area (Å²) in [5.41, 5.74) is 4.92. The summed E-state index contributed by atoms with van der Waals surface area (Å²) in [5.74, 6) is -0.981. The van der Waals surface area contributed by atoms with Gasteiger partial charge in [0.05, 0.1) is 11.1 Å². The van der Waals surface area contributed by atoms with Crippen molar-refractivity contribution in [2.75, 3.05) is 7.05 Å². The fourth-order valence-electron chi connectivity index (χ4n) is 2.84. The Morgan fingerprint density at radius 1 is 1.00 bits per heavy atom. The number of amides is 1. The van der Waals surface area contributed by atoms with Gasteiger partial charge in [0.2, 0.25) is 10.0 Å². The van der Waals surface area contributed by atoms with Crippen molar-refractivity contribution < 1.29 is 23.4 Å². The van der Waals surface area contributed by atoms with E-state index in [1.165, 1.54) is 35.8 Å². The third-order valence-corrected chi connectivity index (χ3v) is 6.55. The van der Waals surface area contributed by atoms with Crippen molar-refractivity contribution in [1.29, 1.82) is 0 Å². The van der Waals surface area contributed by atoms with E-state index >= 15 is 0 Å². The minimum absolute atomic E-state index is 0.153. The SMILES string of the molecule is Cc1ccc(S(=O)(=O)N(C)Cc2ccc(C(=O)N/N=C/c3ccc(O)c(O)c3)cc2)cc1. The quantitative estimate of drug-likeness (QED) is 0.289. The molecule has 166 valence electrons. The number of phenols is 2. The van der Waals surface area contributed by atoms with Gasteiger partial charge in [0.1, 0.15) is 0 Å². The number of hydrogen-bond donors (Lipinski definition) is 3. The third kappa shape index (κ3) is 5.51. The number of hydrazone groups is 1. The minimum Gasteiger partial charge on any atom is -0.504 e. The highest BCUT2D eigenvalue weighted by Crippen LogP contribution is 2.24. The standard InChI is InChI=1S/C23H23N3O5S/c1-16-3-10-20(11-4-16)32(30,31)26(2)15-17-5-8-19(9-6-17)23(29)25-24-14-18-7-12-21(27)22(28)13-18/h3-14,27-28H,15H2,1-2H3,(H,25,29)/b24-14+. The molecule has 0 saturated heterocycles. The van der Waals surface area contributed by atoms with E-state index in [1.807, 2.05) is 6.92 Å². The van der Waals surface area contributed by atoms with E-state index in [4.69, 9.17) is 0 Å². The zero-order valence-electron chi connectivity index (χ0n) is 17.6. The smallest absolute Gasteiger partial charge is 0.271 e. The van der Waals surface area contributed by atoms with Crippen LogP contribution >= 0.6 is 0 Å². The lowest BCUT2D eigenvalue weighted by molar-refractivity contribution is 0.0955. The van der Waals surface area contributed by atoms with Gasteiger partial charge in [0, 0.05) is 19.2 Å². The zero-order chi connectivity index (χ0) is 23.3. The van der Waals surface area contributed by atoms with Gasteiger partial charge in [-0.25, -0.2) is 13.8 Å². The Labute approximate surface area is 186 Å². The number of aryl methyl sites for hydroxylation is 1. The van der Waals surface area contributed by atoms with E-state index in [0.717, 1.165) is 11.1 Å². The summed E-state index contributed by atoms with van der Waals surface area (Å²) in [6, 6.07) is 17.3. The largest absolute Gasteiger partial charge is 0.504 e. The second-order valence-electron chi connectivity index (χ2n) is 7.22. The molecule has 8 nitrogen and oxygen atoms in total. The molecule has 3 N–H and O–H groups in total. The Balaban J connectivity index is 1.61. The first-order valence-corrected chi connectivity index (χ1v) is 11.1. The highest BCUT2D eigenvalue weighted by Gasteiger charge is 2.20. The maximum atomic E-state index is 12.7. The zero-order valence-corrected chi connectivity index (χ0v) is 18.4. The van der Waals surface area contributed by atoms with E-state index in [9.17, 15) is 23.4 Å². The third-order valence-electron chi connectivity index (χ3n) is 4.73. The highest BCUT2D eigenvalue weighted by molar-refractivity contribution is 7.89. The Hall–Kier alpha value is -3.69. The predicted octanol–water partition coefficient (Wildman–Crippen LogP) is 2.99. The Morgan fingerprint density at radius 3 is 2.28 bits per heavy atom. The van der Waals surface area contributed by atoms with E-state index < -0.39 is 15.9 Å². The second-order valence-corrected chi connectivity index (χ2v) is 9.26. The lowest BCUT2D eigenvalue weighted by Crippen LogP contribution is -2.26. The summed E-state index contributed by atoms with van der Waals surface area (Å²) in [6.45, 7) is 2.04. The molecule has 0 atom stereocenters. The summed E-state index contributed by atoms with van der Waals surface area (Å²) < 4.78 is 26.7. The van der Waals surface area contributed by atoms with E-state index in [-0.39, 0.29) is 22.9 Å². The Kier molecular flexibility index (Phi) is 6.92. The molecule has 9 heteroatoms. The van der Waals surface area contributed by atoms with Crippen LogP contribution < -0.4 is 5.43 Å².